The van der Waals surface area contributed by atoms with Gasteiger partial charge < -0.3 is 24.6 Å². The third-order valence-corrected chi connectivity index (χ3v) is 4.47. The topological polar surface area (TPSA) is 62.2 Å². The van der Waals surface area contributed by atoms with Crippen molar-refractivity contribution in [3.8, 4) is 23.0 Å². The number of likely N-dealkylation sites (N-methyl/N-ethyl adjacent to an activating group) is 1. The monoisotopic (exact) mass is 341 g/mol. The molecule has 0 bridgehead atoms. The van der Waals surface area contributed by atoms with Crippen LogP contribution in [0.4, 0.5) is 0 Å². The van der Waals surface area contributed by atoms with Crippen molar-refractivity contribution in [2.45, 2.75) is 6.42 Å². The lowest BCUT2D eigenvalue weighted by molar-refractivity contribution is 0.374. The molecule has 0 spiro atoms. The molecule has 0 radical (unpaired) electrons. The Hall–Kier alpha value is -2.66. The molecule has 132 valence electrons. The second kappa shape index (κ2) is 6.69. The molecule has 2 N–H and O–H groups in total. The van der Waals surface area contributed by atoms with Crippen molar-refractivity contribution in [2.75, 3.05) is 34.9 Å². The van der Waals surface area contributed by atoms with Gasteiger partial charge in [0.2, 0.25) is 0 Å². The first-order valence-corrected chi connectivity index (χ1v) is 8.13. The van der Waals surface area contributed by atoms with E-state index in [9.17, 15) is 10.2 Å². The van der Waals surface area contributed by atoms with Gasteiger partial charge in [-0.05, 0) is 60.4 Å². The van der Waals surface area contributed by atoms with Gasteiger partial charge in [0.15, 0.2) is 23.0 Å². The number of rotatable bonds is 5. The fourth-order valence-corrected chi connectivity index (χ4v) is 3.21. The van der Waals surface area contributed by atoms with Gasteiger partial charge in [0.25, 0.3) is 0 Å². The third kappa shape index (κ3) is 3.03. The highest BCUT2D eigenvalue weighted by molar-refractivity contribution is 6.13. The summed E-state index contributed by atoms with van der Waals surface area (Å²) in [6.07, 6.45) is 0.847. The summed E-state index contributed by atoms with van der Waals surface area (Å²) in [4.78, 5) is 2.12. The first-order chi connectivity index (χ1) is 12.0. The molecular formula is C20H23NO4. The van der Waals surface area contributed by atoms with Crippen molar-refractivity contribution in [1.29, 1.82) is 0 Å². The molecule has 3 aromatic carbocycles. The Kier molecular flexibility index (Phi) is 4.59. The lowest BCUT2D eigenvalue weighted by Gasteiger charge is -2.17. The van der Waals surface area contributed by atoms with E-state index in [1.807, 2.05) is 20.2 Å². The van der Waals surface area contributed by atoms with Crippen LogP contribution in [0.2, 0.25) is 0 Å². The van der Waals surface area contributed by atoms with E-state index >= 15 is 0 Å². The van der Waals surface area contributed by atoms with Gasteiger partial charge in [-0.1, -0.05) is 12.1 Å². The zero-order chi connectivity index (χ0) is 18.1. The van der Waals surface area contributed by atoms with Crippen LogP contribution in [0.3, 0.4) is 0 Å². The molecule has 5 heteroatoms. The van der Waals surface area contributed by atoms with Crippen LogP contribution in [0.25, 0.3) is 21.5 Å². The first kappa shape index (κ1) is 17.2. The number of aromatic hydroxyl groups is 2. The third-order valence-electron chi connectivity index (χ3n) is 4.47. The standard InChI is InChI=1S/C20H23NO4/c1-21(2)8-7-12-9-13-10-17(23)18(24-3)11-15(13)19-14(12)5-6-16(22)20(19)25-4/h5-6,9-11,22-23H,7-8H2,1-4H3. The Labute approximate surface area is 147 Å². The van der Waals surface area contributed by atoms with E-state index in [4.69, 9.17) is 9.47 Å². The van der Waals surface area contributed by atoms with E-state index in [2.05, 4.69) is 11.0 Å². The van der Waals surface area contributed by atoms with E-state index in [0.717, 1.165) is 40.1 Å². The highest BCUT2D eigenvalue weighted by Crippen LogP contribution is 2.43. The van der Waals surface area contributed by atoms with Gasteiger partial charge >= 0.3 is 0 Å². The van der Waals surface area contributed by atoms with Gasteiger partial charge in [-0.3, -0.25) is 0 Å². The number of fused-ring (bicyclic) bond motifs is 3. The Balaban J connectivity index is 2.41. The number of phenols is 2. The summed E-state index contributed by atoms with van der Waals surface area (Å²) in [5.74, 6) is 1.00. The van der Waals surface area contributed by atoms with Crippen molar-refractivity contribution in [1.82, 2.24) is 4.90 Å². The average Bonchev–Trinajstić information content (AvgIpc) is 2.58. The fraction of sp³-hybridized carbons (Fsp3) is 0.300. The van der Waals surface area contributed by atoms with E-state index < -0.39 is 0 Å². The predicted molar refractivity (Wildman–Crippen MR) is 100 cm³/mol. The quantitative estimate of drug-likeness (QED) is 0.695. The highest BCUT2D eigenvalue weighted by Gasteiger charge is 2.16. The molecular weight excluding hydrogens is 318 g/mol. The summed E-state index contributed by atoms with van der Waals surface area (Å²) in [5, 5.41) is 24.0. The number of methoxy groups -OCH3 is 2. The Morgan fingerprint density at radius 1 is 0.920 bits per heavy atom. The van der Waals surface area contributed by atoms with Crippen LogP contribution in [0.1, 0.15) is 5.56 Å². The van der Waals surface area contributed by atoms with Gasteiger partial charge in [0.1, 0.15) is 0 Å². The molecule has 0 aliphatic carbocycles. The molecule has 0 aliphatic heterocycles. The molecule has 25 heavy (non-hydrogen) atoms. The van der Waals surface area contributed by atoms with Crippen LogP contribution in [0.5, 0.6) is 23.0 Å². The van der Waals surface area contributed by atoms with Crippen molar-refractivity contribution < 1.29 is 19.7 Å². The SMILES string of the molecule is COc1cc2c(cc1O)cc(CCN(C)C)c1ccc(O)c(OC)c12. The van der Waals surface area contributed by atoms with E-state index in [-0.39, 0.29) is 11.5 Å². The predicted octanol–water partition coefficient (Wildman–Crippen LogP) is 3.53. The molecule has 0 aromatic heterocycles. The van der Waals surface area contributed by atoms with E-state index in [0.29, 0.717) is 11.5 Å². The minimum atomic E-state index is 0.0898. The van der Waals surface area contributed by atoms with Crippen LogP contribution in [-0.2, 0) is 6.42 Å². The van der Waals surface area contributed by atoms with E-state index in [1.54, 1.807) is 25.3 Å². The van der Waals surface area contributed by atoms with Crippen molar-refractivity contribution in [2.24, 2.45) is 0 Å². The number of hydrogen-bond donors (Lipinski definition) is 2. The summed E-state index contributed by atoms with van der Waals surface area (Å²) in [6, 6.07) is 9.12. The second-order valence-electron chi connectivity index (χ2n) is 6.37. The number of hydrogen-bond acceptors (Lipinski definition) is 5. The molecule has 0 aliphatic rings. The largest absolute Gasteiger partial charge is 0.504 e. The molecule has 5 nitrogen and oxygen atoms in total. The van der Waals surface area contributed by atoms with Gasteiger partial charge in [0.05, 0.1) is 14.2 Å². The van der Waals surface area contributed by atoms with Crippen LogP contribution >= 0.6 is 0 Å². The smallest absolute Gasteiger partial charge is 0.168 e. The summed E-state index contributed by atoms with van der Waals surface area (Å²) in [6.45, 7) is 0.895. The van der Waals surface area contributed by atoms with Crippen LogP contribution in [0, 0.1) is 0 Å². The van der Waals surface area contributed by atoms with Gasteiger partial charge in [0, 0.05) is 11.9 Å². The molecule has 0 saturated heterocycles. The molecule has 0 heterocycles. The number of benzene rings is 3. The van der Waals surface area contributed by atoms with Gasteiger partial charge in [-0.25, -0.2) is 0 Å². The molecule has 0 amide bonds. The molecule has 3 rings (SSSR count). The fourth-order valence-electron chi connectivity index (χ4n) is 3.21. The zero-order valence-electron chi connectivity index (χ0n) is 15.0. The first-order valence-electron chi connectivity index (χ1n) is 8.13. The summed E-state index contributed by atoms with van der Waals surface area (Å²) in [7, 11) is 7.13. The Bertz CT molecular complexity index is 934. The number of nitrogens with zero attached hydrogens (tertiary/aromatic N) is 1. The zero-order valence-corrected chi connectivity index (χ0v) is 15.0. The molecule has 3 aromatic rings. The lowest BCUT2D eigenvalue weighted by Crippen LogP contribution is -2.15. The lowest BCUT2D eigenvalue weighted by atomic mass is 9.94. The summed E-state index contributed by atoms with van der Waals surface area (Å²) in [5.41, 5.74) is 1.14. The van der Waals surface area contributed by atoms with Gasteiger partial charge in [-0.15, -0.1) is 0 Å². The Morgan fingerprint density at radius 3 is 2.32 bits per heavy atom. The van der Waals surface area contributed by atoms with E-state index in [1.165, 1.54) is 7.11 Å². The molecule has 0 fully saturated rings. The molecule has 0 unspecified atom stereocenters. The maximum atomic E-state index is 10.2. The maximum Gasteiger partial charge on any atom is 0.168 e. The van der Waals surface area contributed by atoms with Crippen molar-refractivity contribution >= 4 is 21.5 Å². The van der Waals surface area contributed by atoms with Crippen LogP contribution in [0.15, 0.2) is 30.3 Å². The summed E-state index contributed by atoms with van der Waals surface area (Å²) < 4.78 is 10.7. The normalized spacial score (nSPS) is 11.4. The number of ether oxygens (including phenoxy) is 2. The average molecular weight is 341 g/mol. The molecule has 0 saturated carbocycles. The van der Waals surface area contributed by atoms with Crippen molar-refractivity contribution in [3.05, 3.63) is 35.9 Å². The highest BCUT2D eigenvalue weighted by atomic mass is 16.5. The summed E-state index contributed by atoms with van der Waals surface area (Å²) >= 11 is 0. The Morgan fingerprint density at radius 2 is 1.68 bits per heavy atom. The second-order valence-corrected chi connectivity index (χ2v) is 6.37. The molecule has 0 atom stereocenters. The van der Waals surface area contributed by atoms with Crippen LogP contribution in [-0.4, -0.2) is 50.0 Å². The van der Waals surface area contributed by atoms with Gasteiger partial charge in [-0.2, -0.15) is 0 Å². The minimum absolute atomic E-state index is 0.0898. The maximum absolute atomic E-state index is 10.2. The number of phenolic OH excluding ortho intramolecular Hbond substituents is 2. The van der Waals surface area contributed by atoms with Crippen molar-refractivity contribution in [3.63, 3.8) is 0 Å². The van der Waals surface area contributed by atoms with Crippen LogP contribution < -0.4 is 9.47 Å². The minimum Gasteiger partial charge on any atom is -0.504 e.